The van der Waals surface area contributed by atoms with Crippen LogP contribution in [0.2, 0.25) is 0 Å². The molecule has 1 heterocycles. The van der Waals surface area contributed by atoms with E-state index in [0.29, 0.717) is 11.3 Å². The lowest BCUT2D eigenvalue weighted by Crippen LogP contribution is -2.13. The van der Waals surface area contributed by atoms with Crippen LogP contribution in [0.1, 0.15) is 27.8 Å². The number of amides is 1. The monoisotopic (exact) mass is 323 g/mol. The van der Waals surface area contributed by atoms with Gasteiger partial charge in [-0.25, -0.2) is 4.39 Å². The number of carbonyl (C=O) groups is 2. The fourth-order valence-electron chi connectivity index (χ4n) is 2.35. The molecule has 0 saturated carbocycles. The summed E-state index contributed by atoms with van der Waals surface area (Å²) >= 11 is 0. The molecule has 3 rings (SSSR count). The first kappa shape index (κ1) is 15.7. The topological polar surface area (TPSA) is 59.3 Å². The molecule has 1 N–H and O–H groups in total. The highest BCUT2D eigenvalue weighted by Crippen LogP contribution is 2.25. The molecule has 0 radical (unpaired) electrons. The number of anilines is 1. The lowest BCUT2D eigenvalue weighted by atomic mass is 10.1. The van der Waals surface area contributed by atoms with Gasteiger partial charge in [0.05, 0.1) is 11.3 Å². The van der Waals surface area contributed by atoms with Crippen molar-refractivity contribution in [2.75, 3.05) is 5.32 Å². The summed E-state index contributed by atoms with van der Waals surface area (Å²) in [6.07, 6.45) is 0. The first-order valence-corrected chi connectivity index (χ1v) is 7.32. The lowest BCUT2D eigenvalue weighted by Gasteiger charge is -2.07. The molecule has 0 aliphatic rings. The molecule has 120 valence electrons. The number of furan rings is 1. The van der Waals surface area contributed by atoms with Crippen molar-refractivity contribution in [3.63, 3.8) is 0 Å². The molecule has 0 saturated heterocycles. The van der Waals surface area contributed by atoms with Crippen molar-refractivity contribution in [1.82, 2.24) is 0 Å². The third-order valence-corrected chi connectivity index (χ3v) is 3.52. The smallest absolute Gasteiger partial charge is 0.291 e. The third kappa shape index (κ3) is 3.10. The standard InChI is InChI=1S/C19H14FNO3/c1-12(22)13-6-3-5-9-16(13)21-19(23)18-11-10-17(24-18)14-7-2-4-8-15(14)20/h2-11H,1H3,(H,21,23). The Morgan fingerprint density at radius 3 is 2.42 bits per heavy atom. The molecule has 3 aromatic rings. The Hall–Kier alpha value is -3.21. The summed E-state index contributed by atoms with van der Waals surface area (Å²) in [7, 11) is 0. The SMILES string of the molecule is CC(=O)c1ccccc1NC(=O)c1ccc(-c2ccccc2F)o1. The maximum absolute atomic E-state index is 13.8. The molecule has 0 bridgehead atoms. The van der Waals surface area contributed by atoms with Gasteiger partial charge in [-0.1, -0.05) is 24.3 Å². The first-order valence-electron chi connectivity index (χ1n) is 7.32. The normalized spacial score (nSPS) is 10.4. The summed E-state index contributed by atoms with van der Waals surface area (Å²) in [6.45, 7) is 1.42. The van der Waals surface area contributed by atoms with Crippen molar-refractivity contribution in [3.8, 4) is 11.3 Å². The highest BCUT2D eigenvalue weighted by atomic mass is 19.1. The van der Waals surface area contributed by atoms with Crippen molar-refractivity contribution in [3.05, 3.63) is 77.8 Å². The first-order chi connectivity index (χ1) is 11.6. The minimum Gasteiger partial charge on any atom is -0.451 e. The number of halogens is 1. The van der Waals surface area contributed by atoms with Crippen molar-refractivity contribution in [2.45, 2.75) is 6.92 Å². The molecule has 4 nitrogen and oxygen atoms in total. The molecule has 0 aliphatic heterocycles. The molecule has 2 aromatic carbocycles. The van der Waals surface area contributed by atoms with Gasteiger partial charge in [-0.15, -0.1) is 0 Å². The van der Waals surface area contributed by atoms with Crippen LogP contribution in [0.5, 0.6) is 0 Å². The second kappa shape index (κ2) is 6.50. The Balaban J connectivity index is 1.85. The molecule has 1 aromatic heterocycles. The van der Waals surface area contributed by atoms with Crippen molar-refractivity contribution < 1.29 is 18.4 Å². The summed E-state index contributed by atoms with van der Waals surface area (Å²) in [5.41, 5.74) is 1.09. The van der Waals surface area contributed by atoms with Gasteiger partial charge in [0.2, 0.25) is 0 Å². The Bertz CT molecular complexity index is 914. The van der Waals surface area contributed by atoms with E-state index in [0.717, 1.165) is 0 Å². The minimum absolute atomic E-state index is 0.0339. The maximum atomic E-state index is 13.8. The van der Waals surface area contributed by atoms with E-state index in [9.17, 15) is 14.0 Å². The van der Waals surface area contributed by atoms with Gasteiger partial charge >= 0.3 is 0 Å². The van der Waals surface area contributed by atoms with Crippen molar-refractivity contribution in [2.24, 2.45) is 0 Å². The predicted octanol–water partition coefficient (Wildman–Crippen LogP) is 4.54. The number of carbonyl (C=O) groups excluding carboxylic acids is 2. The average Bonchev–Trinajstić information content (AvgIpc) is 3.05. The van der Waals surface area contributed by atoms with Gasteiger partial charge in [0.25, 0.3) is 5.91 Å². The third-order valence-electron chi connectivity index (χ3n) is 3.52. The van der Waals surface area contributed by atoms with E-state index in [4.69, 9.17) is 4.42 Å². The Kier molecular flexibility index (Phi) is 4.24. The summed E-state index contributed by atoms with van der Waals surface area (Å²) in [5, 5.41) is 2.64. The molecule has 0 aliphatic carbocycles. The van der Waals surface area contributed by atoms with E-state index in [-0.39, 0.29) is 22.9 Å². The summed E-state index contributed by atoms with van der Waals surface area (Å²) in [4.78, 5) is 23.9. The highest BCUT2D eigenvalue weighted by molar-refractivity contribution is 6.08. The van der Waals surface area contributed by atoms with Gasteiger partial charge in [-0.2, -0.15) is 0 Å². The number of para-hydroxylation sites is 1. The van der Waals surface area contributed by atoms with Crippen LogP contribution in [-0.2, 0) is 0 Å². The Morgan fingerprint density at radius 1 is 0.958 bits per heavy atom. The predicted molar refractivity (Wildman–Crippen MR) is 88.5 cm³/mol. The van der Waals surface area contributed by atoms with Crippen molar-refractivity contribution in [1.29, 1.82) is 0 Å². The number of Topliss-reactive ketones (excluding diaryl/α,β-unsaturated/α-hetero) is 1. The van der Waals surface area contributed by atoms with E-state index >= 15 is 0 Å². The maximum Gasteiger partial charge on any atom is 0.291 e. The van der Waals surface area contributed by atoms with Crippen LogP contribution in [-0.4, -0.2) is 11.7 Å². The van der Waals surface area contributed by atoms with Gasteiger partial charge in [-0.3, -0.25) is 9.59 Å². The molecule has 0 fully saturated rings. The number of hydrogen-bond donors (Lipinski definition) is 1. The second-order valence-corrected chi connectivity index (χ2v) is 5.20. The van der Waals surface area contributed by atoms with Gasteiger partial charge in [0.15, 0.2) is 11.5 Å². The number of nitrogens with one attached hydrogen (secondary N) is 1. The number of hydrogen-bond acceptors (Lipinski definition) is 3. The van der Waals surface area contributed by atoms with E-state index in [1.807, 2.05) is 0 Å². The van der Waals surface area contributed by atoms with Crippen LogP contribution in [0.25, 0.3) is 11.3 Å². The van der Waals surface area contributed by atoms with Gasteiger partial charge in [0.1, 0.15) is 11.6 Å². The van der Waals surface area contributed by atoms with Crippen LogP contribution in [0.4, 0.5) is 10.1 Å². The zero-order valence-corrected chi connectivity index (χ0v) is 12.9. The number of ketones is 1. The fourth-order valence-corrected chi connectivity index (χ4v) is 2.35. The fraction of sp³-hybridized carbons (Fsp3) is 0.0526. The molecule has 0 atom stereocenters. The molecule has 1 amide bonds. The van der Waals surface area contributed by atoms with Gasteiger partial charge in [0, 0.05) is 5.56 Å². The van der Waals surface area contributed by atoms with E-state index in [1.165, 1.54) is 25.1 Å². The minimum atomic E-state index is -0.508. The lowest BCUT2D eigenvalue weighted by molar-refractivity contribution is 0.0997. The highest BCUT2D eigenvalue weighted by Gasteiger charge is 2.16. The van der Waals surface area contributed by atoms with Crippen molar-refractivity contribution >= 4 is 17.4 Å². The quantitative estimate of drug-likeness (QED) is 0.717. The van der Waals surface area contributed by atoms with Gasteiger partial charge < -0.3 is 9.73 Å². The summed E-state index contributed by atoms with van der Waals surface area (Å²) < 4.78 is 19.2. The van der Waals surface area contributed by atoms with Crippen LogP contribution in [0.3, 0.4) is 0 Å². The molecule has 24 heavy (non-hydrogen) atoms. The molecule has 0 spiro atoms. The molecular formula is C19H14FNO3. The zero-order valence-electron chi connectivity index (χ0n) is 12.9. The Labute approximate surface area is 137 Å². The largest absolute Gasteiger partial charge is 0.451 e. The number of benzene rings is 2. The molecule has 5 heteroatoms. The zero-order chi connectivity index (χ0) is 17.1. The number of rotatable bonds is 4. The summed E-state index contributed by atoms with van der Waals surface area (Å²) in [5.74, 6) is -0.797. The average molecular weight is 323 g/mol. The van der Waals surface area contributed by atoms with Crippen LogP contribution < -0.4 is 5.32 Å². The van der Waals surface area contributed by atoms with E-state index < -0.39 is 11.7 Å². The van der Waals surface area contributed by atoms with Crippen LogP contribution in [0, 0.1) is 5.82 Å². The molecular weight excluding hydrogens is 309 g/mol. The molecule has 0 unspecified atom stereocenters. The van der Waals surface area contributed by atoms with E-state index in [1.54, 1.807) is 42.5 Å². The second-order valence-electron chi connectivity index (χ2n) is 5.20. The van der Waals surface area contributed by atoms with E-state index in [2.05, 4.69) is 5.32 Å². The Morgan fingerprint density at radius 2 is 1.67 bits per heavy atom. The van der Waals surface area contributed by atoms with Crippen LogP contribution in [0.15, 0.2) is 65.1 Å². The van der Waals surface area contributed by atoms with Crippen LogP contribution >= 0.6 is 0 Å². The summed E-state index contributed by atoms with van der Waals surface area (Å²) in [6, 6.07) is 15.8. The van der Waals surface area contributed by atoms with Gasteiger partial charge in [-0.05, 0) is 43.3 Å².